The van der Waals surface area contributed by atoms with E-state index in [1.165, 1.54) is 92.2 Å². The summed E-state index contributed by atoms with van der Waals surface area (Å²) in [6.45, 7) is 4.37. The number of nitrogens with one attached hydrogen (secondary N) is 14. The molecule has 46 heteroatoms. The van der Waals surface area contributed by atoms with Crippen LogP contribution in [0.3, 0.4) is 0 Å². The van der Waals surface area contributed by atoms with Crippen molar-refractivity contribution in [3.05, 3.63) is 108 Å². The van der Waals surface area contributed by atoms with E-state index in [1.807, 2.05) is 0 Å². The molecule has 0 aliphatic carbocycles. The maximum absolute atomic E-state index is 14.5. The van der Waals surface area contributed by atoms with Crippen LogP contribution in [0, 0.1) is 5.92 Å². The van der Waals surface area contributed by atoms with Gasteiger partial charge < -0.3 is 142 Å². The topological polar surface area (TPSA) is 756 Å². The van der Waals surface area contributed by atoms with Crippen LogP contribution >= 0.6 is 0 Å². The average Bonchev–Trinajstić information content (AvgIpc) is 1.74. The summed E-state index contributed by atoms with van der Waals surface area (Å²) in [7, 11) is 0. The molecule has 696 valence electrons. The number of aliphatic carboxylic acids is 3. The van der Waals surface area contributed by atoms with E-state index in [0.717, 1.165) is 18.7 Å². The molecule has 0 saturated carbocycles. The predicted molar refractivity (Wildman–Crippen MR) is 445 cm³/mol. The first-order valence-corrected chi connectivity index (χ1v) is 40.9. The third-order valence-corrected chi connectivity index (χ3v) is 20.5. The molecule has 0 spiro atoms. The molecule has 17 atom stereocenters. The number of carbonyl (C=O) groups excluding carboxylic acids is 15. The van der Waals surface area contributed by atoms with Crippen LogP contribution in [0.4, 0.5) is 0 Å². The maximum Gasteiger partial charge on any atom is 0.326 e. The standard InChI is InChI=1S/C81H115N19O27/c1-6-40(2)65(98-72(117)54(26-29-64(111)112)88-68(113)41(3)83)77(122)93-55(32-44-12-18-48(104)19-13-44)69(114)86-37-62(108)97-66(42(4)102)78(123)91-51(10-7-8-30-82)70(115)89-53(25-28-63(109)110)71(116)96-59(38-101)80(125)100-31-9-11-60(100)76(121)90-52(24-27-61(84)107)73(118)99-67(43(5)103)79(124)94-57(35-47-36-85-39-87-47)75(120)92-56(33-45-14-20-49(105)21-15-45)74(119)95-58(81(126)127)34-46-16-22-50(106)23-17-46/h12-23,36,39-43,51-60,65-67,101-106H,6-11,24-35,37-38,82-83H2,1-5H3,(H2,84,107)(H,85,87)(H,86,114)(H,88,113)(H,89,115)(H,90,121)(H,91,123)(H,92,120)(H,93,122)(H,94,124)(H,95,119)(H,96,116)(H,97,108)(H,98,117)(H,99,118)(H,109,110)(H,111,112)(H,126,127)/t40-,41-,42+,43+,51-,52-,53-,54-,55-,56-,57-,58-,59-,60-,65-,66-,67-/m0/s1. The van der Waals surface area contributed by atoms with Crippen LogP contribution in [0.5, 0.6) is 17.2 Å². The van der Waals surface area contributed by atoms with Crippen molar-refractivity contribution in [3.8, 4) is 17.2 Å². The summed E-state index contributed by atoms with van der Waals surface area (Å²) in [6.07, 6.45) is -5.82. The molecule has 0 unspecified atom stereocenters. The number of unbranched alkanes of at least 4 members (excludes halogenated alkanes) is 1. The number of phenols is 3. The van der Waals surface area contributed by atoms with Gasteiger partial charge in [0.2, 0.25) is 88.6 Å². The van der Waals surface area contributed by atoms with Crippen LogP contribution in [-0.4, -0.2) is 290 Å². The van der Waals surface area contributed by atoms with Crippen molar-refractivity contribution < 1.29 is 132 Å². The number of aliphatic hydroxyl groups is 3. The Balaban J connectivity index is 1.30. The van der Waals surface area contributed by atoms with Crippen molar-refractivity contribution in [1.82, 2.24) is 84.0 Å². The summed E-state index contributed by atoms with van der Waals surface area (Å²) >= 11 is 0. The Labute approximate surface area is 728 Å². The van der Waals surface area contributed by atoms with Crippen molar-refractivity contribution in [2.24, 2.45) is 23.1 Å². The smallest absolute Gasteiger partial charge is 0.326 e. The van der Waals surface area contributed by atoms with Crippen LogP contribution in [0.15, 0.2) is 85.3 Å². The van der Waals surface area contributed by atoms with Crippen LogP contribution in [0.2, 0.25) is 0 Å². The Morgan fingerprint density at radius 2 is 0.866 bits per heavy atom. The second-order valence-electron chi connectivity index (χ2n) is 30.7. The number of primary amides is 1. The van der Waals surface area contributed by atoms with Crippen molar-refractivity contribution in [1.29, 1.82) is 0 Å². The highest BCUT2D eigenvalue weighted by Gasteiger charge is 2.43. The number of phenolic OH excluding ortho intramolecular Hbond substituents is 3. The highest BCUT2D eigenvalue weighted by molar-refractivity contribution is 6.01. The van der Waals surface area contributed by atoms with Crippen molar-refractivity contribution in [2.45, 2.75) is 234 Å². The first-order valence-electron chi connectivity index (χ1n) is 40.9. The van der Waals surface area contributed by atoms with Gasteiger partial charge in [0.05, 0.1) is 43.4 Å². The highest BCUT2D eigenvalue weighted by atomic mass is 16.4. The van der Waals surface area contributed by atoms with E-state index in [1.54, 1.807) is 13.8 Å². The predicted octanol–water partition coefficient (Wildman–Crippen LogP) is -6.92. The first kappa shape index (κ1) is 104. The number of carboxylic acids is 3. The number of amides is 15. The summed E-state index contributed by atoms with van der Waals surface area (Å²) in [5.74, 6) is -21.8. The molecule has 4 aromatic rings. The van der Waals surface area contributed by atoms with Gasteiger partial charge in [-0.2, -0.15) is 0 Å². The fraction of sp³-hybridized carbons (Fsp3) is 0.519. The summed E-state index contributed by atoms with van der Waals surface area (Å²) in [5, 5.41) is 123. The lowest BCUT2D eigenvalue weighted by Gasteiger charge is -2.31. The molecule has 127 heavy (non-hydrogen) atoms. The van der Waals surface area contributed by atoms with E-state index in [4.69, 9.17) is 17.2 Å². The molecule has 15 amide bonds. The van der Waals surface area contributed by atoms with Gasteiger partial charge in [0.25, 0.3) is 0 Å². The number of aromatic nitrogens is 2. The fourth-order valence-electron chi connectivity index (χ4n) is 13.1. The van der Waals surface area contributed by atoms with Crippen molar-refractivity contribution >= 4 is 107 Å². The number of hydrogen-bond acceptors (Lipinski definition) is 27. The minimum Gasteiger partial charge on any atom is -0.508 e. The van der Waals surface area contributed by atoms with E-state index >= 15 is 0 Å². The Morgan fingerprint density at radius 1 is 0.472 bits per heavy atom. The number of carbonyl (C=O) groups is 18. The highest BCUT2D eigenvalue weighted by Crippen LogP contribution is 2.22. The van der Waals surface area contributed by atoms with Gasteiger partial charge >= 0.3 is 17.9 Å². The van der Waals surface area contributed by atoms with Gasteiger partial charge in [-0.1, -0.05) is 56.7 Å². The SMILES string of the molecule is CC[C@H](C)[C@H](NC(=O)[C@H](CCC(=O)O)NC(=O)[C@H](C)N)C(=O)N[C@@H](Cc1ccc(O)cc1)C(=O)NCC(=O)N[C@H](C(=O)N[C@@H](CCCCN)C(=O)N[C@@H](CCC(=O)O)C(=O)N[C@@H](CO)C(=O)N1CCC[C@H]1C(=O)N[C@@H](CCC(N)=O)C(=O)N[C@H](C(=O)N[C@@H](Cc1c[nH]cn1)C(=O)N[C@@H](Cc1ccc(O)cc1)C(=O)N[C@@H](Cc1ccc(O)cc1)C(=O)O)[C@@H](C)O)[C@@H](C)O. The lowest BCUT2D eigenvalue weighted by Crippen LogP contribution is -2.62. The summed E-state index contributed by atoms with van der Waals surface area (Å²) < 4.78 is 0. The Hall–Kier alpha value is -13.5. The van der Waals surface area contributed by atoms with Gasteiger partial charge in [0.15, 0.2) is 0 Å². The van der Waals surface area contributed by atoms with Gasteiger partial charge in [0.1, 0.15) is 95.8 Å². The monoisotopic (exact) mass is 1790 g/mol. The number of nitrogens with two attached hydrogens (primary N) is 3. The molecule has 1 saturated heterocycles. The number of likely N-dealkylation sites (tertiary alicyclic amines) is 1. The molecule has 0 bridgehead atoms. The van der Waals surface area contributed by atoms with E-state index in [9.17, 15) is 132 Å². The Morgan fingerprint density at radius 3 is 1.31 bits per heavy atom. The Kier molecular flexibility index (Phi) is 42.4. The first-order chi connectivity index (χ1) is 60.0. The normalized spacial score (nSPS) is 16.1. The molecule has 29 N–H and O–H groups in total. The zero-order chi connectivity index (χ0) is 94.5. The number of aliphatic hydroxyl groups excluding tert-OH is 3. The molecule has 2 heterocycles. The average molecular weight is 1790 g/mol. The largest absolute Gasteiger partial charge is 0.508 e. The molecule has 1 aromatic heterocycles. The fourth-order valence-corrected chi connectivity index (χ4v) is 13.1. The number of carboxylic acid groups (broad SMARTS) is 3. The van der Waals surface area contributed by atoms with E-state index in [-0.39, 0.29) is 93.8 Å². The van der Waals surface area contributed by atoms with Crippen molar-refractivity contribution in [2.75, 3.05) is 26.2 Å². The third-order valence-electron chi connectivity index (χ3n) is 20.5. The van der Waals surface area contributed by atoms with Crippen molar-refractivity contribution in [3.63, 3.8) is 0 Å². The second kappa shape index (κ2) is 51.7. The van der Waals surface area contributed by atoms with Crippen LogP contribution in [-0.2, 0) is 112 Å². The number of rotatable bonds is 54. The number of imidazole rings is 1. The third kappa shape index (κ3) is 34.9. The number of aromatic amines is 1. The molecule has 0 radical (unpaired) electrons. The molecule has 3 aromatic carbocycles. The number of hydrogen-bond donors (Lipinski definition) is 26. The lowest BCUT2D eigenvalue weighted by atomic mass is 9.96. The van der Waals surface area contributed by atoms with Crippen LogP contribution in [0.1, 0.15) is 134 Å². The zero-order valence-corrected chi connectivity index (χ0v) is 70.5. The number of benzene rings is 3. The molecule has 1 aliphatic rings. The van der Waals surface area contributed by atoms with E-state index in [0.29, 0.717) is 16.7 Å². The van der Waals surface area contributed by atoms with Gasteiger partial charge in [-0.25, -0.2) is 9.78 Å². The van der Waals surface area contributed by atoms with E-state index in [2.05, 4.69) is 79.1 Å². The number of H-pyrrole nitrogens is 1. The number of aromatic hydroxyl groups is 3. The summed E-state index contributed by atoms with van der Waals surface area (Å²) in [6, 6.07) is -7.03. The molecular weight excluding hydrogens is 1670 g/mol. The maximum atomic E-state index is 14.5. The van der Waals surface area contributed by atoms with Crippen LogP contribution in [0.25, 0.3) is 0 Å². The number of nitrogens with zero attached hydrogens (tertiary/aromatic N) is 2. The minimum atomic E-state index is -2.00. The summed E-state index contributed by atoms with van der Waals surface area (Å²) in [5.41, 5.74) is 18.2. The molecule has 1 aliphatic heterocycles. The zero-order valence-electron chi connectivity index (χ0n) is 70.5. The van der Waals surface area contributed by atoms with Gasteiger partial charge in [-0.05, 0) is 138 Å². The van der Waals surface area contributed by atoms with E-state index < -0.39 is 267 Å². The van der Waals surface area contributed by atoms with Crippen LogP contribution < -0.4 is 86.3 Å². The second-order valence-corrected chi connectivity index (χ2v) is 30.7. The lowest BCUT2D eigenvalue weighted by molar-refractivity contribution is -0.144. The molecular formula is C81H115N19O27. The van der Waals surface area contributed by atoms with Gasteiger partial charge in [0, 0.05) is 57.7 Å². The molecule has 5 rings (SSSR count). The molecule has 1 fully saturated rings. The Bertz CT molecular complexity index is 4440. The summed E-state index contributed by atoms with van der Waals surface area (Å²) in [4.78, 5) is 254. The minimum absolute atomic E-state index is 0.0607. The van der Waals surface area contributed by atoms with Gasteiger partial charge in [-0.15, -0.1) is 0 Å². The molecule has 46 nitrogen and oxygen atoms in total. The quantitative estimate of drug-likeness (QED) is 0.0183. The van der Waals surface area contributed by atoms with Gasteiger partial charge in [-0.3, -0.25) is 81.5 Å².